The summed E-state index contributed by atoms with van der Waals surface area (Å²) in [5.74, 6) is 0.130. The molecule has 1 rings (SSSR count). The number of nitrogens with zero attached hydrogens (tertiary/aromatic N) is 1. The van der Waals surface area contributed by atoms with E-state index in [0.717, 1.165) is 26.0 Å². The fraction of sp³-hybridized carbons (Fsp3) is 0.917. The molecule has 1 amide bonds. The summed E-state index contributed by atoms with van der Waals surface area (Å²) in [6.07, 6.45) is 2.80. The van der Waals surface area contributed by atoms with E-state index in [1.807, 2.05) is 25.7 Å². The monoisotopic (exact) mass is 228 g/mol. The number of carbonyl (C=O) groups is 1. The van der Waals surface area contributed by atoms with Gasteiger partial charge in [0.25, 0.3) is 0 Å². The van der Waals surface area contributed by atoms with Crippen LogP contribution in [0.3, 0.4) is 0 Å². The van der Waals surface area contributed by atoms with Gasteiger partial charge in [-0.1, -0.05) is 0 Å². The van der Waals surface area contributed by atoms with Gasteiger partial charge in [0, 0.05) is 31.7 Å². The largest absolute Gasteiger partial charge is 0.376 e. The molecule has 0 radical (unpaired) electrons. The summed E-state index contributed by atoms with van der Waals surface area (Å²) in [6.45, 7) is 8.03. The molecule has 1 heterocycles. The first-order chi connectivity index (χ1) is 7.42. The molecule has 1 fully saturated rings. The number of ether oxygens (including phenoxy) is 1. The van der Waals surface area contributed by atoms with Crippen LogP contribution in [-0.2, 0) is 9.53 Å². The van der Waals surface area contributed by atoms with Crippen molar-refractivity contribution in [1.82, 2.24) is 4.90 Å². The highest BCUT2D eigenvalue weighted by Gasteiger charge is 2.24. The van der Waals surface area contributed by atoms with Gasteiger partial charge in [0.05, 0.1) is 6.10 Å². The van der Waals surface area contributed by atoms with Crippen LogP contribution in [0.15, 0.2) is 0 Å². The molecule has 94 valence electrons. The molecule has 16 heavy (non-hydrogen) atoms. The second-order valence-electron chi connectivity index (χ2n) is 5.23. The van der Waals surface area contributed by atoms with Gasteiger partial charge in [0.15, 0.2) is 0 Å². The van der Waals surface area contributed by atoms with Crippen LogP contribution < -0.4 is 5.73 Å². The third-order valence-corrected chi connectivity index (χ3v) is 2.79. The molecule has 2 N–H and O–H groups in total. The zero-order valence-corrected chi connectivity index (χ0v) is 10.7. The molecule has 4 nitrogen and oxygen atoms in total. The molecule has 1 aliphatic heterocycles. The van der Waals surface area contributed by atoms with E-state index in [2.05, 4.69) is 0 Å². The highest BCUT2D eigenvalue weighted by atomic mass is 16.5. The van der Waals surface area contributed by atoms with E-state index >= 15 is 0 Å². The van der Waals surface area contributed by atoms with Gasteiger partial charge in [0.2, 0.25) is 5.91 Å². The smallest absolute Gasteiger partial charge is 0.224 e. The van der Waals surface area contributed by atoms with Crippen molar-refractivity contribution in [3.05, 3.63) is 0 Å². The lowest BCUT2D eigenvalue weighted by molar-refractivity contribution is -0.133. The van der Waals surface area contributed by atoms with Crippen LogP contribution in [0.2, 0.25) is 0 Å². The van der Waals surface area contributed by atoms with E-state index in [9.17, 15) is 4.79 Å². The average Bonchev–Trinajstić information content (AvgIpc) is 2.63. The van der Waals surface area contributed by atoms with Gasteiger partial charge in [-0.3, -0.25) is 4.79 Å². The van der Waals surface area contributed by atoms with E-state index in [0.29, 0.717) is 13.0 Å². The standard InChI is InChI=1S/C12H24N2O2/c1-4-14(9-10-6-5-7-16-10)11(15)8-12(2,3)13/h10H,4-9,13H2,1-3H3. The second kappa shape index (κ2) is 5.64. The highest BCUT2D eigenvalue weighted by Crippen LogP contribution is 2.15. The van der Waals surface area contributed by atoms with Crippen molar-refractivity contribution in [2.75, 3.05) is 19.7 Å². The van der Waals surface area contributed by atoms with Crippen molar-refractivity contribution in [1.29, 1.82) is 0 Å². The third-order valence-electron chi connectivity index (χ3n) is 2.79. The number of hydrogen-bond donors (Lipinski definition) is 1. The number of rotatable bonds is 5. The minimum Gasteiger partial charge on any atom is -0.376 e. The molecule has 1 saturated heterocycles. The quantitative estimate of drug-likeness (QED) is 0.767. The van der Waals surface area contributed by atoms with Crippen LogP contribution in [0.25, 0.3) is 0 Å². The molecule has 0 saturated carbocycles. The van der Waals surface area contributed by atoms with Gasteiger partial charge in [0.1, 0.15) is 0 Å². The third kappa shape index (κ3) is 4.49. The lowest BCUT2D eigenvalue weighted by atomic mass is 10.0. The molecule has 4 heteroatoms. The van der Waals surface area contributed by atoms with Crippen molar-refractivity contribution in [3.63, 3.8) is 0 Å². The summed E-state index contributed by atoms with van der Waals surface area (Å²) >= 11 is 0. The normalized spacial score (nSPS) is 21.1. The average molecular weight is 228 g/mol. The summed E-state index contributed by atoms with van der Waals surface area (Å²) < 4.78 is 5.54. The lowest BCUT2D eigenvalue weighted by Crippen LogP contribution is -2.43. The Balaban J connectivity index is 2.43. The minimum atomic E-state index is -0.430. The predicted octanol–water partition coefficient (Wildman–Crippen LogP) is 1.14. The zero-order valence-electron chi connectivity index (χ0n) is 10.7. The van der Waals surface area contributed by atoms with Crippen LogP contribution in [0, 0.1) is 0 Å². The Morgan fingerprint density at radius 1 is 1.56 bits per heavy atom. The fourth-order valence-electron chi connectivity index (χ4n) is 1.94. The van der Waals surface area contributed by atoms with Gasteiger partial charge >= 0.3 is 0 Å². The number of amides is 1. The van der Waals surface area contributed by atoms with Crippen molar-refractivity contribution in [2.45, 2.75) is 51.7 Å². The lowest BCUT2D eigenvalue weighted by Gasteiger charge is -2.27. The molecule has 0 aromatic carbocycles. The van der Waals surface area contributed by atoms with E-state index in [4.69, 9.17) is 10.5 Å². The second-order valence-corrected chi connectivity index (χ2v) is 5.23. The van der Waals surface area contributed by atoms with Crippen LogP contribution in [0.1, 0.15) is 40.0 Å². The molecule has 0 spiro atoms. The Kier molecular flexibility index (Phi) is 4.74. The summed E-state index contributed by atoms with van der Waals surface area (Å²) in [5.41, 5.74) is 5.43. The van der Waals surface area contributed by atoms with Gasteiger partial charge in [-0.25, -0.2) is 0 Å². The van der Waals surface area contributed by atoms with E-state index < -0.39 is 5.54 Å². The van der Waals surface area contributed by atoms with E-state index in [1.165, 1.54) is 0 Å². The van der Waals surface area contributed by atoms with E-state index in [-0.39, 0.29) is 12.0 Å². The first kappa shape index (κ1) is 13.5. The maximum atomic E-state index is 12.0. The Bertz CT molecular complexity index is 230. The van der Waals surface area contributed by atoms with Gasteiger partial charge in [-0.15, -0.1) is 0 Å². The number of carbonyl (C=O) groups excluding carboxylic acids is 1. The Hall–Kier alpha value is -0.610. The number of likely N-dealkylation sites (N-methyl/N-ethyl adjacent to an activating group) is 1. The summed E-state index contributed by atoms with van der Waals surface area (Å²) in [7, 11) is 0. The number of hydrogen-bond acceptors (Lipinski definition) is 3. The van der Waals surface area contributed by atoms with Crippen LogP contribution in [0.5, 0.6) is 0 Å². The SMILES string of the molecule is CCN(CC1CCCO1)C(=O)CC(C)(C)N. The van der Waals surface area contributed by atoms with Crippen molar-refractivity contribution >= 4 is 5.91 Å². The molecule has 0 bridgehead atoms. The molecule has 1 aliphatic rings. The fourth-order valence-corrected chi connectivity index (χ4v) is 1.94. The first-order valence-corrected chi connectivity index (χ1v) is 6.10. The maximum Gasteiger partial charge on any atom is 0.224 e. The highest BCUT2D eigenvalue weighted by molar-refractivity contribution is 5.77. The molecular weight excluding hydrogens is 204 g/mol. The van der Waals surface area contributed by atoms with Gasteiger partial charge in [-0.2, -0.15) is 0 Å². The Labute approximate surface area is 98.1 Å². The molecule has 0 aromatic heterocycles. The predicted molar refractivity (Wildman–Crippen MR) is 64.1 cm³/mol. The minimum absolute atomic E-state index is 0.130. The van der Waals surface area contributed by atoms with Crippen molar-refractivity contribution in [2.24, 2.45) is 5.73 Å². The van der Waals surface area contributed by atoms with Gasteiger partial charge < -0.3 is 15.4 Å². The Morgan fingerprint density at radius 2 is 2.25 bits per heavy atom. The summed E-state index contributed by atoms with van der Waals surface area (Å²) in [4.78, 5) is 13.8. The van der Waals surface area contributed by atoms with E-state index in [1.54, 1.807) is 0 Å². The number of nitrogens with two attached hydrogens (primary N) is 1. The van der Waals surface area contributed by atoms with Crippen LogP contribution in [-0.4, -0.2) is 42.1 Å². The molecule has 0 aromatic rings. The maximum absolute atomic E-state index is 12.0. The molecule has 1 atom stereocenters. The molecule has 1 unspecified atom stereocenters. The van der Waals surface area contributed by atoms with Crippen LogP contribution >= 0.6 is 0 Å². The summed E-state index contributed by atoms with van der Waals surface area (Å²) in [6, 6.07) is 0. The van der Waals surface area contributed by atoms with Crippen molar-refractivity contribution in [3.8, 4) is 0 Å². The molecule has 0 aliphatic carbocycles. The summed E-state index contributed by atoms with van der Waals surface area (Å²) in [5, 5.41) is 0. The van der Waals surface area contributed by atoms with Crippen molar-refractivity contribution < 1.29 is 9.53 Å². The topological polar surface area (TPSA) is 55.6 Å². The molecular formula is C12H24N2O2. The first-order valence-electron chi connectivity index (χ1n) is 6.10. The van der Waals surface area contributed by atoms with Crippen LogP contribution in [0.4, 0.5) is 0 Å². The van der Waals surface area contributed by atoms with Gasteiger partial charge in [-0.05, 0) is 33.6 Å². The zero-order chi connectivity index (χ0) is 12.2. The Morgan fingerprint density at radius 3 is 2.69 bits per heavy atom.